The van der Waals surface area contributed by atoms with Crippen LogP contribution in [-0.4, -0.2) is 18.0 Å². The summed E-state index contributed by atoms with van der Waals surface area (Å²) < 4.78 is 0. The third-order valence-electron chi connectivity index (χ3n) is 1.93. The Morgan fingerprint density at radius 2 is 2.00 bits per heavy atom. The van der Waals surface area contributed by atoms with Crippen LogP contribution < -0.4 is 0 Å². The molecule has 1 aliphatic heterocycles. The average molecular weight is 171 g/mol. The van der Waals surface area contributed by atoms with E-state index in [4.69, 9.17) is 0 Å². The van der Waals surface area contributed by atoms with Crippen LogP contribution in [-0.2, 0) is 4.79 Å². The lowest BCUT2D eigenvalue weighted by atomic mass is 10.1. The van der Waals surface area contributed by atoms with E-state index in [1.54, 1.807) is 6.08 Å². The van der Waals surface area contributed by atoms with Crippen LogP contribution in [0, 0.1) is 0 Å². The van der Waals surface area contributed by atoms with Crippen molar-refractivity contribution in [1.82, 2.24) is 0 Å². The van der Waals surface area contributed by atoms with Crippen LogP contribution in [0.2, 0.25) is 0 Å². The van der Waals surface area contributed by atoms with Crippen molar-refractivity contribution in [1.29, 1.82) is 0 Å². The third kappa shape index (κ3) is 1.72. The minimum absolute atomic E-state index is 0.132. The summed E-state index contributed by atoms with van der Waals surface area (Å²) in [5.74, 6) is 0. The van der Waals surface area contributed by atoms with Gasteiger partial charge in [0, 0.05) is 0 Å². The Labute approximate surface area is 76.6 Å². The molecule has 0 radical (unpaired) electrons. The molecule has 0 saturated heterocycles. The molecule has 1 unspecified atom stereocenters. The number of aliphatic imine (C=N–C) groups is 1. The Balaban J connectivity index is 2.04. The van der Waals surface area contributed by atoms with E-state index in [1.807, 2.05) is 30.3 Å². The van der Waals surface area contributed by atoms with Gasteiger partial charge in [0.05, 0.1) is 5.71 Å². The highest BCUT2D eigenvalue weighted by molar-refractivity contribution is 6.14. The van der Waals surface area contributed by atoms with Crippen molar-refractivity contribution in [3.8, 4) is 0 Å². The summed E-state index contributed by atoms with van der Waals surface area (Å²) in [5.41, 5.74) is 2.21. The molecule has 1 aromatic carbocycles. The predicted molar refractivity (Wildman–Crippen MR) is 52.0 cm³/mol. The SMILES string of the molecule is O=CC=CC1N=C1c1ccccc1. The van der Waals surface area contributed by atoms with Gasteiger partial charge in [0.1, 0.15) is 12.3 Å². The summed E-state index contributed by atoms with van der Waals surface area (Å²) in [6, 6.07) is 10.1. The lowest BCUT2D eigenvalue weighted by Gasteiger charge is -1.90. The maximum atomic E-state index is 10.0. The van der Waals surface area contributed by atoms with Gasteiger partial charge in [-0.15, -0.1) is 0 Å². The van der Waals surface area contributed by atoms with Gasteiger partial charge in [-0.2, -0.15) is 0 Å². The highest BCUT2D eigenvalue weighted by Gasteiger charge is 2.25. The first kappa shape index (κ1) is 7.92. The molecule has 64 valence electrons. The molecular formula is C11H9NO. The molecule has 0 fully saturated rings. The zero-order valence-corrected chi connectivity index (χ0v) is 7.05. The quantitative estimate of drug-likeness (QED) is 0.502. The highest BCUT2D eigenvalue weighted by atomic mass is 16.1. The van der Waals surface area contributed by atoms with Crippen molar-refractivity contribution in [2.24, 2.45) is 4.99 Å². The fourth-order valence-corrected chi connectivity index (χ4v) is 1.25. The standard InChI is InChI=1S/C11H9NO/c13-8-4-7-10-11(12-10)9-5-2-1-3-6-9/h1-8,10H. The number of allylic oxidation sites excluding steroid dienone is 1. The minimum Gasteiger partial charge on any atom is -0.299 e. The Morgan fingerprint density at radius 3 is 2.69 bits per heavy atom. The van der Waals surface area contributed by atoms with Crippen LogP contribution in [0.5, 0.6) is 0 Å². The van der Waals surface area contributed by atoms with Crippen molar-refractivity contribution in [3.05, 3.63) is 48.0 Å². The molecule has 2 nitrogen and oxygen atoms in total. The van der Waals surface area contributed by atoms with Crippen LogP contribution >= 0.6 is 0 Å². The Kier molecular flexibility index (Phi) is 2.04. The molecule has 1 aromatic rings. The minimum atomic E-state index is 0.132. The van der Waals surface area contributed by atoms with Gasteiger partial charge in [0.15, 0.2) is 0 Å². The molecule has 1 aliphatic rings. The third-order valence-corrected chi connectivity index (χ3v) is 1.93. The van der Waals surface area contributed by atoms with Gasteiger partial charge in [0.2, 0.25) is 0 Å². The number of carbonyl (C=O) groups excluding carboxylic acids is 1. The molecule has 0 bridgehead atoms. The summed E-state index contributed by atoms with van der Waals surface area (Å²) in [6.45, 7) is 0. The molecular weight excluding hydrogens is 162 g/mol. The van der Waals surface area contributed by atoms with E-state index in [0.717, 1.165) is 17.6 Å². The number of rotatable bonds is 3. The van der Waals surface area contributed by atoms with Gasteiger partial charge in [-0.3, -0.25) is 9.79 Å². The van der Waals surface area contributed by atoms with E-state index in [1.165, 1.54) is 6.08 Å². The number of benzene rings is 1. The summed E-state index contributed by atoms with van der Waals surface area (Å²) in [4.78, 5) is 14.3. The van der Waals surface area contributed by atoms with Crippen LogP contribution in [0.4, 0.5) is 0 Å². The van der Waals surface area contributed by atoms with E-state index in [-0.39, 0.29) is 6.04 Å². The summed E-state index contributed by atoms with van der Waals surface area (Å²) in [6.07, 6.45) is 4.07. The maximum absolute atomic E-state index is 10.0. The lowest BCUT2D eigenvalue weighted by Crippen LogP contribution is -1.94. The molecule has 1 atom stereocenters. The van der Waals surface area contributed by atoms with E-state index >= 15 is 0 Å². The van der Waals surface area contributed by atoms with Gasteiger partial charge in [0.25, 0.3) is 0 Å². The van der Waals surface area contributed by atoms with Gasteiger partial charge < -0.3 is 0 Å². The van der Waals surface area contributed by atoms with Crippen molar-refractivity contribution in [2.75, 3.05) is 0 Å². The fourth-order valence-electron chi connectivity index (χ4n) is 1.25. The molecule has 0 aliphatic carbocycles. The second kappa shape index (κ2) is 3.35. The molecule has 0 saturated carbocycles. The maximum Gasteiger partial charge on any atom is 0.142 e. The van der Waals surface area contributed by atoms with Crippen LogP contribution in [0.3, 0.4) is 0 Å². The molecule has 0 N–H and O–H groups in total. The smallest absolute Gasteiger partial charge is 0.142 e. The first-order valence-electron chi connectivity index (χ1n) is 4.17. The van der Waals surface area contributed by atoms with E-state index < -0.39 is 0 Å². The van der Waals surface area contributed by atoms with Crippen molar-refractivity contribution < 1.29 is 4.79 Å². The van der Waals surface area contributed by atoms with Crippen molar-refractivity contribution in [2.45, 2.75) is 6.04 Å². The number of nitrogens with zero attached hydrogens (tertiary/aromatic N) is 1. The van der Waals surface area contributed by atoms with E-state index in [2.05, 4.69) is 4.99 Å². The van der Waals surface area contributed by atoms with Crippen molar-refractivity contribution >= 4 is 12.0 Å². The Hall–Kier alpha value is -1.70. The predicted octanol–water partition coefficient (Wildman–Crippen LogP) is 1.61. The van der Waals surface area contributed by atoms with E-state index in [0.29, 0.717) is 0 Å². The first-order valence-corrected chi connectivity index (χ1v) is 4.17. The molecule has 1 heterocycles. The average Bonchev–Trinajstić information content (AvgIpc) is 2.95. The zero-order valence-electron chi connectivity index (χ0n) is 7.05. The summed E-state index contributed by atoms with van der Waals surface area (Å²) >= 11 is 0. The second-order valence-corrected chi connectivity index (χ2v) is 2.85. The number of hydrogen-bond donors (Lipinski definition) is 0. The van der Waals surface area contributed by atoms with Gasteiger partial charge in [-0.05, 0) is 11.6 Å². The highest BCUT2D eigenvalue weighted by Crippen LogP contribution is 2.20. The molecule has 0 spiro atoms. The van der Waals surface area contributed by atoms with Crippen molar-refractivity contribution in [3.63, 3.8) is 0 Å². The Bertz CT molecular complexity index is 365. The molecule has 13 heavy (non-hydrogen) atoms. The number of aldehydes is 1. The van der Waals surface area contributed by atoms with Gasteiger partial charge in [-0.1, -0.05) is 36.4 Å². The largest absolute Gasteiger partial charge is 0.299 e. The lowest BCUT2D eigenvalue weighted by molar-refractivity contribution is -0.104. The zero-order chi connectivity index (χ0) is 9.10. The summed E-state index contributed by atoms with van der Waals surface area (Å²) in [7, 11) is 0. The number of hydrogen-bond acceptors (Lipinski definition) is 2. The number of carbonyl (C=O) groups is 1. The molecule has 0 aromatic heterocycles. The van der Waals surface area contributed by atoms with Gasteiger partial charge >= 0.3 is 0 Å². The Morgan fingerprint density at radius 1 is 1.23 bits per heavy atom. The molecule has 2 heteroatoms. The van der Waals surface area contributed by atoms with Gasteiger partial charge in [-0.25, -0.2) is 0 Å². The first-order chi connectivity index (χ1) is 6.42. The fraction of sp³-hybridized carbons (Fsp3) is 0.0909. The monoisotopic (exact) mass is 171 g/mol. The molecule has 0 amide bonds. The van der Waals surface area contributed by atoms with Crippen LogP contribution in [0.15, 0.2) is 47.5 Å². The topological polar surface area (TPSA) is 29.4 Å². The summed E-state index contributed by atoms with van der Waals surface area (Å²) in [5, 5.41) is 0. The normalized spacial score (nSPS) is 20.0. The second-order valence-electron chi connectivity index (χ2n) is 2.85. The van der Waals surface area contributed by atoms with Crippen LogP contribution in [0.1, 0.15) is 5.56 Å². The molecule has 2 rings (SSSR count). The van der Waals surface area contributed by atoms with E-state index in [9.17, 15) is 4.79 Å². The van der Waals surface area contributed by atoms with Crippen LogP contribution in [0.25, 0.3) is 0 Å².